The number of ether oxygens (including phenoxy) is 3. The second kappa shape index (κ2) is 7.40. The molecule has 4 atom stereocenters. The van der Waals surface area contributed by atoms with Crippen LogP contribution >= 0.6 is 0 Å². The molecule has 2 aromatic heterocycles. The van der Waals surface area contributed by atoms with E-state index in [-0.39, 0.29) is 36.8 Å². The van der Waals surface area contributed by atoms with Gasteiger partial charge in [-0.05, 0) is 18.2 Å². The number of anilines is 1. The topological polar surface area (TPSA) is 108 Å². The lowest BCUT2D eigenvalue weighted by Crippen LogP contribution is -2.45. The second-order valence-corrected chi connectivity index (χ2v) is 6.20. The Balaban J connectivity index is 1.40. The third-order valence-corrected chi connectivity index (χ3v) is 4.42. The first-order valence-corrected chi connectivity index (χ1v) is 8.39. The van der Waals surface area contributed by atoms with Gasteiger partial charge in [0, 0.05) is 13.3 Å². The maximum Gasteiger partial charge on any atom is 0.246 e. The molecule has 2 saturated heterocycles. The van der Waals surface area contributed by atoms with Crippen LogP contribution in [-0.4, -0.2) is 67.1 Å². The van der Waals surface area contributed by atoms with Gasteiger partial charge in [0.15, 0.2) is 5.76 Å². The van der Waals surface area contributed by atoms with Crippen molar-refractivity contribution in [2.24, 2.45) is 0 Å². The largest absolute Gasteiger partial charge is 0.463 e. The number of fused-ring (bicyclic) bond motifs is 1. The molecule has 26 heavy (non-hydrogen) atoms. The zero-order valence-corrected chi connectivity index (χ0v) is 14.3. The van der Waals surface area contributed by atoms with Gasteiger partial charge in [0.25, 0.3) is 0 Å². The fourth-order valence-electron chi connectivity index (χ4n) is 3.28. The molecule has 0 aliphatic carbocycles. The van der Waals surface area contributed by atoms with E-state index < -0.39 is 0 Å². The van der Waals surface area contributed by atoms with E-state index in [2.05, 4.69) is 20.6 Å². The Bertz CT molecular complexity index is 753. The molecule has 9 heteroatoms. The van der Waals surface area contributed by atoms with Gasteiger partial charge in [-0.1, -0.05) is 0 Å². The van der Waals surface area contributed by atoms with Gasteiger partial charge >= 0.3 is 0 Å². The summed E-state index contributed by atoms with van der Waals surface area (Å²) in [6.07, 6.45) is 2.88. The molecule has 138 valence electrons. The van der Waals surface area contributed by atoms with E-state index in [0.717, 1.165) is 0 Å². The highest BCUT2D eigenvalue weighted by Crippen LogP contribution is 2.29. The molecule has 2 N–H and O–H groups in total. The van der Waals surface area contributed by atoms with E-state index in [1.807, 2.05) is 12.1 Å². The number of carbonyl (C=O) groups excluding carboxylic acids is 1. The number of hydrogen-bond acceptors (Lipinski definition) is 8. The van der Waals surface area contributed by atoms with Crippen molar-refractivity contribution in [3.05, 3.63) is 30.7 Å². The molecule has 0 spiro atoms. The van der Waals surface area contributed by atoms with Gasteiger partial charge in [0.1, 0.15) is 24.5 Å². The van der Waals surface area contributed by atoms with Crippen LogP contribution in [0.25, 0.3) is 11.5 Å². The highest BCUT2D eigenvalue weighted by atomic mass is 16.6. The summed E-state index contributed by atoms with van der Waals surface area (Å²) in [5.41, 5.74) is 0.694. The molecule has 4 unspecified atom stereocenters. The van der Waals surface area contributed by atoms with Gasteiger partial charge < -0.3 is 29.3 Å². The zero-order chi connectivity index (χ0) is 17.9. The highest BCUT2D eigenvalue weighted by molar-refractivity contribution is 5.77. The van der Waals surface area contributed by atoms with Crippen molar-refractivity contribution < 1.29 is 23.4 Å². The first-order valence-electron chi connectivity index (χ1n) is 8.39. The number of furan rings is 1. The van der Waals surface area contributed by atoms with E-state index >= 15 is 0 Å². The molecule has 2 fully saturated rings. The number of aromatic nitrogens is 2. The number of hydrogen-bond donors (Lipinski definition) is 2. The van der Waals surface area contributed by atoms with Crippen molar-refractivity contribution in [3.8, 4) is 11.5 Å². The summed E-state index contributed by atoms with van der Waals surface area (Å²) < 4.78 is 21.9. The summed E-state index contributed by atoms with van der Waals surface area (Å²) in [6.45, 7) is 0.861. The number of carbonyl (C=O) groups is 1. The Kier molecular flexibility index (Phi) is 4.83. The van der Waals surface area contributed by atoms with Gasteiger partial charge in [-0.25, -0.2) is 9.97 Å². The van der Waals surface area contributed by atoms with Gasteiger partial charge in [-0.3, -0.25) is 4.79 Å². The molecule has 2 aliphatic rings. The SMILES string of the molecule is COCC(=O)NC1COC2C(Nc3nccc(-c4ccco4)n3)COC12. The minimum Gasteiger partial charge on any atom is -0.463 e. The monoisotopic (exact) mass is 360 g/mol. The molecule has 0 bridgehead atoms. The first-order chi connectivity index (χ1) is 12.7. The lowest BCUT2D eigenvalue weighted by molar-refractivity contribution is -0.126. The summed E-state index contributed by atoms with van der Waals surface area (Å²) in [4.78, 5) is 20.4. The molecule has 2 aliphatic heterocycles. The van der Waals surface area contributed by atoms with Crippen LogP contribution in [0, 0.1) is 0 Å². The van der Waals surface area contributed by atoms with Crippen LogP contribution < -0.4 is 10.6 Å². The third-order valence-electron chi connectivity index (χ3n) is 4.42. The van der Waals surface area contributed by atoms with Crippen molar-refractivity contribution in [2.45, 2.75) is 24.3 Å². The average Bonchev–Trinajstić information content (AvgIpc) is 3.36. The third kappa shape index (κ3) is 3.41. The van der Waals surface area contributed by atoms with Gasteiger partial charge in [-0.2, -0.15) is 0 Å². The van der Waals surface area contributed by atoms with E-state index in [4.69, 9.17) is 18.6 Å². The Morgan fingerprint density at radius 1 is 1.27 bits per heavy atom. The smallest absolute Gasteiger partial charge is 0.246 e. The lowest BCUT2D eigenvalue weighted by atomic mass is 10.1. The van der Waals surface area contributed by atoms with Crippen molar-refractivity contribution in [2.75, 3.05) is 32.2 Å². The summed E-state index contributed by atoms with van der Waals surface area (Å²) in [7, 11) is 1.48. The number of nitrogens with one attached hydrogen (secondary N) is 2. The molecule has 0 saturated carbocycles. The molecular weight excluding hydrogens is 340 g/mol. The standard InChI is InChI=1S/C17H20N4O5/c1-23-9-14(22)19-11-7-25-16-12(8-26-15(11)16)21-17-18-5-4-10(20-17)13-3-2-6-24-13/h2-6,11-12,15-16H,7-9H2,1H3,(H,19,22)(H,18,20,21). The predicted octanol–water partition coefficient (Wildman–Crippen LogP) is 0.446. The first kappa shape index (κ1) is 17.0. The normalized spacial score (nSPS) is 27.3. The molecule has 9 nitrogen and oxygen atoms in total. The van der Waals surface area contributed by atoms with E-state index in [1.54, 1.807) is 18.5 Å². The summed E-state index contributed by atoms with van der Waals surface area (Å²) >= 11 is 0. The lowest BCUT2D eigenvalue weighted by Gasteiger charge is -2.18. The maximum atomic E-state index is 11.7. The van der Waals surface area contributed by atoms with E-state index in [0.29, 0.717) is 30.6 Å². The minimum atomic E-state index is -0.207. The molecule has 1 amide bonds. The number of nitrogens with zero attached hydrogens (tertiary/aromatic N) is 2. The van der Waals surface area contributed by atoms with Gasteiger partial charge in [0.05, 0.1) is 31.6 Å². The zero-order valence-electron chi connectivity index (χ0n) is 14.3. The van der Waals surface area contributed by atoms with E-state index in [9.17, 15) is 4.79 Å². The fourth-order valence-corrected chi connectivity index (χ4v) is 3.28. The van der Waals surface area contributed by atoms with Crippen molar-refractivity contribution >= 4 is 11.9 Å². The maximum absolute atomic E-state index is 11.7. The number of methoxy groups -OCH3 is 1. The Labute approximate surface area is 150 Å². The second-order valence-electron chi connectivity index (χ2n) is 6.20. The highest BCUT2D eigenvalue weighted by Gasteiger charge is 2.48. The summed E-state index contributed by atoms with van der Waals surface area (Å²) in [6, 6.07) is 5.14. The molecule has 2 aromatic rings. The van der Waals surface area contributed by atoms with Gasteiger partial charge in [0.2, 0.25) is 11.9 Å². The number of rotatable bonds is 6. The van der Waals surface area contributed by atoms with Crippen molar-refractivity contribution in [1.82, 2.24) is 15.3 Å². The number of amides is 1. The molecule has 0 aromatic carbocycles. The van der Waals surface area contributed by atoms with Crippen LogP contribution in [0.2, 0.25) is 0 Å². The van der Waals surface area contributed by atoms with Crippen LogP contribution in [0.5, 0.6) is 0 Å². The van der Waals surface area contributed by atoms with Crippen LogP contribution in [-0.2, 0) is 19.0 Å². The Morgan fingerprint density at radius 2 is 2.08 bits per heavy atom. The quantitative estimate of drug-likeness (QED) is 0.764. The minimum absolute atomic E-state index is 0.0168. The van der Waals surface area contributed by atoms with Crippen molar-refractivity contribution in [1.29, 1.82) is 0 Å². The van der Waals surface area contributed by atoms with Crippen LogP contribution in [0.4, 0.5) is 5.95 Å². The molecular formula is C17H20N4O5. The van der Waals surface area contributed by atoms with E-state index in [1.165, 1.54) is 7.11 Å². The van der Waals surface area contributed by atoms with Crippen LogP contribution in [0.3, 0.4) is 0 Å². The fraction of sp³-hybridized carbons (Fsp3) is 0.471. The Hall–Kier alpha value is -2.49. The molecule has 0 radical (unpaired) electrons. The van der Waals surface area contributed by atoms with Gasteiger partial charge in [-0.15, -0.1) is 0 Å². The predicted molar refractivity (Wildman–Crippen MR) is 90.4 cm³/mol. The average molecular weight is 360 g/mol. The van der Waals surface area contributed by atoms with Crippen LogP contribution in [0.15, 0.2) is 35.1 Å². The van der Waals surface area contributed by atoms with Crippen LogP contribution in [0.1, 0.15) is 0 Å². The Morgan fingerprint density at radius 3 is 2.85 bits per heavy atom. The molecule has 4 rings (SSSR count). The summed E-state index contributed by atoms with van der Waals surface area (Å²) in [5, 5.41) is 6.14. The molecule has 4 heterocycles. The summed E-state index contributed by atoms with van der Waals surface area (Å²) in [5.74, 6) is 0.967. The van der Waals surface area contributed by atoms with Crippen molar-refractivity contribution in [3.63, 3.8) is 0 Å².